The molecule has 1 aliphatic carbocycles. The van der Waals surface area contributed by atoms with Crippen molar-refractivity contribution in [2.75, 3.05) is 39.3 Å². The highest BCUT2D eigenvalue weighted by molar-refractivity contribution is 5.82. The van der Waals surface area contributed by atoms with E-state index in [1.165, 1.54) is 25.7 Å². The van der Waals surface area contributed by atoms with Gasteiger partial charge in [0, 0.05) is 45.7 Å². The second-order valence-corrected chi connectivity index (χ2v) is 6.77. The normalized spacial score (nSPS) is 21.4. The van der Waals surface area contributed by atoms with Gasteiger partial charge in [-0.05, 0) is 32.6 Å². The Morgan fingerprint density at radius 3 is 2.04 bits per heavy atom. The third-order valence-corrected chi connectivity index (χ3v) is 5.54. The molecule has 2 amide bonds. The summed E-state index contributed by atoms with van der Waals surface area (Å²) in [4.78, 5) is 31.2. The van der Waals surface area contributed by atoms with Gasteiger partial charge in [0.15, 0.2) is 0 Å². The topological polar surface area (TPSA) is 43.9 Å². The van der Waals surface area contributed by atoms with Crippen LogP contribution < -0.4 is 0 Å². The van der Waals surface area contributed by atoms with E-state index in [2.05, 4.69) is 18.7 Å². The minimum Gasteiger partial charge on any atom is -0.342 e. The molecule has 1 saturated heterocycles. The molecule has 1 aliphatic heterocycles. The van der Waals surface area contributed by atoms with Gasteiger partial charge in [-0.3, -0.25) is 14.5 Å². The molecule has 1 atom stereocenters. The van der Waals surface area contributed by atoms with Crippen molar-refractivity contribution in [3.05, 3.63) is 0 Å². The highest BCUT2D eigenvalue weighted by atomic mass is 16.2. The minimum atomic E-state index is 0.0243. The molecule has 0 aromatic rings. The van der Waals surface area contributed by atoms with E-state index in [0.717, 1.165) is 39.3 Å². The predicted octanol–water partition coefficient (Wildman–Crippen LogP) is 1.97. The van der Waals surface area contributed by atoms with Crippen LogP contribution in [0, 0.1) is 5.92 Å². The molecule has 2 aliphatic rings. The molecule has 0 radical (unpaired) electrons. The van der Waals surface area contributed by atoms with Gasteiger partial charge in [0.25, 0.3) is 0 Å². The largest absolute Gasteiger partial charge is 0.342 e. The summed E-state index contributed by atoms with van der Waals surface area (Å²) in [6, 6.07) is 0.0243. The van der Waals surface area contributed by atoms with Gasteiger partial charge in [0.05, 0.1) is 6.04 Å². The number of carbonyl (C=O) groups is 2. The number of nitrogens with zero attached hydrogens (tertiary/aromatic N) is 3. The number of hydrogen-bond acceptors (Lipinski definition) is 3. The predicted molar refractivity (Wildman–Crippen MR) is 92.1 cm³/mol. The van der Waals surface area contributed by atoms with Gasteiger partial charge in [-0.15, -0.1) is 0 Å². The molecule has 1 saturated carbocycles. The molecule has 1 heterocycles. The van der Waals surface area contributed by atoms with Gasteiger partial charge in [-0.25, -0.2) is 0 Å². The number of rotatable bonds is 6. The molecule has 2 fully saturated rings. The van der Waals surface area contributed by atoms with Crippen LogP contribution in [-0.4, -0.2) is 71.8 Å². The first kappa shape index (κ1) is 18.2. The van der Waals surface area contributed by atoms with Gasteiger partial charge in [0.2, 0.25) is 11.8 Å². The number of carbonyl (C=O) groups excluding carboxylic acids is 2. The minimum absolute atomic E-state index is 0.0243. The maximum Gasteiger partial charge on any atom is 0.240 e. The Labute approximate surface area is 141 Å². The molecule has 0 N–H and O–H groups in total. The average molecular weight is 323 g/mol. The van der Waals surface area contributed by atoms with Crippen molar-refractivity contribution >= 4 is 11.8 Å². The lowest BCUT2D eigenvalue weighted by molar-refractivity contribution is -0.141. The molecule has 2 rings (SSSR count). The van der Waals surface area contributed by atoms with Crippen molar-refractivity contribution in [2.24, 2.45) is 5.92 Å². The number of hydrogen-bond donors (Lipinski definition) is 0. The molecule has 0 spiro atoms. The molecule has 0 bridgehead atoms. The standard InChI is InChI=1S/C18H33N3O2/c1-4-16(22)20-11-13-21(14-12-20)17(15-9-7-8-10-15)18(23)19(5-2)6-3/h15,17H,4-14H2,1-3H3. The number of piperazine rings is 1. The van der Waals surface area contributed by atoms with E-state index in [-0.39, 0.29) is 11.9 Å². The second kappa shape index (κ2) is 8.67. The van der Waals surface area contributed by atoms with Crippen molar-refractivity contribution in [1.29, 1.82) is 0 Å². The Hall–Kier alpha value is -1.10. The lowest BCUT2D eigenvalue weighted by atomic mass is 9.94. The van der Waals surface area contributed by atoms with E-state index in [9.17, 15) is 9.59 Å². The van der Waals surface area contributed by atoms with Crippen LogP contribution in [0.1, 0.15) is 52.9 Å². The zero-order chi connectivity index (χ0) is 16.8. The van der Waals surface area contributed by atoms with Crippen LogP contribution in [0.2, 0.25) is 0 Å². The van der Waals surface area contributed by atoms with Crippen LogP contribution in [0.25, 0.3) is 0 Å². The summed E-state index contributed by atoms with van der Waals surface area (Å²) in [6.45, 7) is 10.8. The van der Waals surface area contributed by atoms with E-state index < -0.39 is 0 Å². The second-order valence-electron chi connectivity index (χ2n) is 6.77. The first-order valence-electron chi connectivity index (χ1n) is 9.42. The van der Waals surface area contributed by atoms with E-state index in [4.69, 9.17) is 0 Å². The van der Waals surface area contributed by atoms with Crippen molar-refractivity contribution in [3.63, 3.8) is 0 Å². The van der Waals surface area contributed by atoms with Gasteiger partial charge in [0.1, 0.15) is 0 Å². The van der Waals surface area contributed by atoms with Crippen molar-refractivity contribution < 1.29 is 9.59 Å². The van der Waals surface area contributed by atoms with Crippen molar-refractivity contribution in [3.8, 4) is 0 Å². The lowest BCUT2D eigenvalue weighted by Gasteiger charge is -2.42. The SMILES string of the molecule is CCC(=O)N1CCN(C(C(=O)N(CC)CC)C2CCCC2)CC1. The molecular weight excluding hydrogens is 290 g/mol. The summed E-state index contributed by atoms with van der Waals surface area (Å²) < 4.78 is 0. The van der Waals surface area contributed by atoms with E-state index in [0.29, 0.717) is 18.2 Å². The summed E-state index contributed by atoms with van der Waals surface area (Å²) in [6.07, 6.45) is 5.42. The quantitative estimate of drug-likeness (QED) is 0.750. The van der Waals surface area contributed by atoms with Gasteiger partial charge < -0.3 is 9.80 Å². The summed E-state index contributed by atoms with van der Waals surface area (Å²) in [5.74, 6) is 1.03. The van der Waals surface area contributed by atoms with Crippen molar-refractivity contribution in [1.82, 2.24) is 14.7 Å². The van der Waals surface area contributed by atoms with Crippen LogP contribution in [0.15, 0.2) is 0 Å². The molecular formula is C18H33N3O2. The Kier molecular flexibility index (Phi) is 6.88. The molecule has 5 heteroatoms. The van der Waals surface area contributed by atoms with Crippen LogP contribution in [0.4, 0.5) is 0 Å². The fourth-order valence-corrected chi connectivity index (χ4v) is 4.12. The maximum atomic E-state index is 13.1. The highest BCUT2D eigenvalue weighted by Crippen LogP contribution is 2.32. The smallest absolute Gasteiger partial charge is 0.240 e. The maximum absolute atomic E-state index is 13.1. The number of amides is 2. The first-order valence-corrected chi connectivity index (χ1v) is 9.42. The molecule has 1 unspecified atom stereocenters. The summed E-state index contributed by atoms with van der Waals surface area (Å²) in [5.41, 5.74) is 0. The summed E-state index contributed by atoms with van der Waals surface area (Å²) >= 11 is 0. The lowest BCUT2D eigenvalue weighted by Crippen LogP contribution is -2.58. The third-order valence-electron chi connectivity index (χ3n) is 5.54. The number of likely N-dealkylation sites (N-methyl/N-ethyl adjacent to an activating group) is 1. The first-order chi connectivity index (χ1) is 11.1. The zero-order valence-corrected chi connectivity index (χ0v) is 15.1. The van der Waals surface area contributed by atoms with Crippen molar-refractivity contribution in [2.45, 2.75) is 58.9 Å². The molecule has 5 nitrogen and oxygen atoms in total. The average Bonchev–Trinajstić information content (AvgIpc) is 3.10. The van der Waals surface area contributed by atoms with E-state index >= 15 is 0 Å². The Morgan fingerprint density at radius 2 is 1.57 bits per heavy atom. The zero-order valence-electron chi connectivity index (χ0n) is 15.1. The van der Waals surface area contributed by atoms with Crippen LogP contribution in [-0.2, 0) is 9.59 Å². The molecule has 132 valence electrons. The van der Waals surface area contributed by atoms with Gasteiger partial charge >= 0.3 is 0 Å². The Balaban J connectivity index is 2.06. The fraction of sp³-hybridized carbons (Fsp3) is 0.889. The molecule has 0 aromatic carbocycles. The van der Waals surface area contributed by atoms with Gasteiger partial charge in [-0.1, -0.05) is 19.8 Å². The summed E-state index contributed by atoms with van der Waals surface area (Å²) in [5, 5.41) is 0. The molecule has 0 aromatic heterocycles. The van der Waals surface area contributed by atoms with Crippen LogP contribution in [0.3, 0.4) is 0 Å². The fourth-order valence-electron chi connectivity index (χ4n) is 4.12. The Morgan fingerprint density at radius 1 is 1.00 bits per heavy atom. The van der Waals surface area contributed by atoms with Crippen LogP contribution >= 0.6 is 0 Å². The van der Waals surface area contributed by atoms with Gasteiger partial charge in [-0.2, -0.15) is 0 Å². The molecule has 23 heavy (non-hydrogen) atoms. The van der Waals surface area contributed by atoms with Crippen LogP contribution in [0.5, 0.6) is 0 Å². The van der Waals surface area contributed by atoms with E-state index in [1.807, 2.05) is 16.7 Å². The van der Waals surface area contributed by atoms with E-state index in [1.54, 1.807) is 0 Å². The third kappa shape index (κ3) is 4.25. The monoisotopic (exact) mass is 323 g/mol. The highest BCUT2D eigenvalue weighted by Gasteiger charge is 2.38. The Bertz CT molecular complexity index is 395. The summed E-state index contributed by atoms with van der Waals surface area (Å²) in [7, 11) is 0.